The number of para-hydroxylation sites is 1. The Morgan fingerprint density at radius 3 is 2.68 bits per heavy atom. The Morgan fingerprint density at radius 2 is 2.00 bits per heavy atom. The van der Waals surface area contributed by atoms with Crippen molar-refractivity contribution < 1.29 is 9.50 Å². The molecule has 0 heterocycles. The molecule has 4 heteroatoms. The third-order valence-corrected chi connectivity index (χ3v) is 3.71. The summed E-state index contributed by atoms with van der Waals surface area (Å²) >= 11 is 3.36. The van der Waals surface area contributed by atoms with E-state index in [2.05, 4.69) is 21.2 Å². The maximum Gasteiger partial charge on any atom is 0.124 e. The fraction of sp³-hybridized carbons (Fsp3) is 0.200. The van der Waals surface area contributed by atoms with Gasteiger partial charge < -0.3 is 10.4 Å². The lowest BCUT2D eigenvalue weighted by atomic mass is 10.1. The zero-order valence-electron chi connectivity index (χ0n) is 10.5. The standard InChI is InChI=1S/C15H15BrFNO/c1-10(13-7-6-12(17)8-14(13)16)18-9-11-4-2-3-5-15(11)19/h2-8,10,18-19H,9H2,1H3. The molecular weight excluding hydrogens is 309 g/mol. The summed E-state index contributed by atoms with van der Waals surface area (Å²) in [6.45, 7) is 2.55. The van der Waals surface area contributed by atoms with Gasteiger partial charge in [-0.2, -0.15) is 0 Å². The lowest BCUT2D eigenvalue weighted by Crippen LogP contribution is -2.18. The number of benzene rings is 2. The number of phenolic OH excluding ortho intramolecular Hbond substituents is 1. The molecule has 1 unspecified atom stereocenters. The van der Waals surface area contributed by atoms with Crippen LogP contribution in [0.1, 0.15) is 24.1 Å². The van der Waals surface area contributed by atoms with E-state index in [9.17, 15) is 9.50 Å². The fourth-order valence-electron chi connectivity index (χ4n) is 1.89. The second-order valence-electron chi connectivity index (χ2n) is 4.40. The van der Waals surface area contributed by atoms with Crippen LogP contribution in [0.4, 0.5) is 4.39 Å². The second kappa shape index (κ2) is 6.17. The molecule has 0 radical (unpaired) electrons. The molecule has 0 aliphatic rings. The zero-order chi connectivity index (χ0) is 13.8. The second-order valence-corrected chi connectivity index (χ2v) is 5.25. The summed E-state index contributed by atoms with van der Waals surface area (Å²) in [5, 5.41) is 13.0. The van der Waals surface area contributed by atoms with E-state index in [1.54, 1.807) is 18.2 Å². The van der Waals surface area contributed by atoms with Crippen molar-refractivity contribution >= 4 is 15.9 Å². The van der Waals surface area contributed by atoms with Crippen molar-refractivity contribution in [2.45, 2.75) is 19.5 Å². The van der Waals surface area contributed by atoms with E-state index < -0.39 is 0 Å². The first kappa shape index (κ1) is 14.0. The Bertz CT molecular complexity index is 574. The molecule has 0 spiro atoms. The largest absolute Gasteiger partial charge is 0.508 e. The minimum absolute atomic E-state index is 0.0505. The Balaban J connectivity index is 2.05. The number of rotatable bonds is 4. The van der Waals surface area contributed by atoms with E-state index in [0.717, 1.165) is 15.6 Å². The van der Waals surface area contributed by atoms with Gasteiger partial charge in [-0.3, -0.25) is 0 Å². The Morgan fingerprint density at radius 1 is 1.26 bits per heavy atom. The molecule has 2 aromatic rings. The molecule has 2 nitrogen and oxygen atoms in total. The molecule has 2 rings (SSSR count). The van der Waals surface area contributed by atoms with Crippen molar-refractivity contribution in [2.75, 3.05) is 0 Å². The van der Waals surface area contributed by atoms with Gasteiger partial charge in [0.25, 0.3) is 0 Å². The number of aromatic hydroxyl groups is 1. The first-order valence-electron chi connectivity index (χ1n) is 6.03. The van der Waals surface area contributed by atoms with Gasteiger partial charge in [0.05, 0.1) is 0 Å². The van der Waals surface area contributed by atoms with Crippen molar-refractivity contribution in [1.29, 1.82) is 0 Å². The number of nitrogens with one attached hydrogen (secondary N) is 1. The van der Waals surface area contributed by atoms with Gasteiger partial charge in [-0.15, -0.1) is 0 Å². The third-order valence-electron chi connectivity index (χ3n) is 3.02. The van der Waals surface area contributed by atoms with E-state index in [0.29, 0.717) is 6.54 Å². The summed E-state index contributed by atoms with van der Waals surface area (Å²) < 4.78 is 13.8. The van der Waals surface area contributed by atoms with Crippen molar-refractivity contribution in [1.82, 2.24) is 5.32 Å². The highest BCUT2D eigenvalue weighted by Crippen LogP contribution is 2.25. The topological polar surface area (TPSA) is 32.3 Å². The molecule has 2 aromatic carbocycles. The summed E-state index contributed by atoms with van der Waals surface area (Å²) in [5.74, 6) is 0.0175. The molecule has 0 saturated heterocycles. The normalized spacial score (nSPS) is 12.4. The summed E-state index contributed by atoms with van der Waals surface area (Å²) in [7, 11) is 0. The lowest BCUT2D eigenvalue weighted by molar-refractivity contribution is 0.460. The van der Waals surface area contributed by atoms with E-state index in [4.69, 9.17) is 0 Å². The van der Waals surface area contributed by atoms with E-state index in [1.165, 1.54) is 12.1 Å². The van der Waals surface area contributed by atoms with Gasteiger partial charge in [-0.25, -0.2) is 4.39 Å². The van der Waals surface area contributed by atoms with Crippen molar-refractivity contribution in [3.05, 3.63) is 63.9 Å². The predicted octanol–water partition coefficient (Wildman–Crippen LogP) is 4.14. The zero-order valence-corrected chi connectivity index (χ0v) is 12.1. The number of hydrogen-bond donors (Lipinski definition) is 2. The molecule has 19 heavy (non-hydrogen) atoms. The Labute approximate surface area is 120 Å². The minimum atomic E-state index is -0.261. The predicted molar refractivity (Wildman–Crippen MR) is 77.5 cm³/mol. The lowest BCUT2D eigenvalue weighted by Gasteiger charge is -2.16. The molecule has 100 valence electrons. The molecule has 0 aliphatic carbocycles. The highest BCUT2D eigenvalue weighted by molar-refractivity contribution is 9.10. The molecule has 0 aliphatic heterocycles. The quantitative estimate of drug-likeness (QED) is 0.886. The van der Waals surface area contributed by atoms with E-state index >= 15 is 0 Å². The van der Waals surface area contributed by atoms with E-state index in [-0.39, 0.29) is 17.6 Å². The molecule has 0 fully saturated rings. The van der Waals surface area contributed by atoms with Crippen LogP contribution in [0.5, 0.6) is 5.75 Å². The van der Waals surface area contributed by atoms with E-state index in [1.807, 2.05) is 19.1 Å². The summed E-state index contributed by atoms with van der Waals surface area (Å²) in [6.07, 6.45) is 0. The van der Waals surface area contributed by atoms with Crippen LogP contribution in [0.2, 0.25) is 0 Å². The van der Waals surface area contributed by atoms with Crippen molar-refractivity contribution in [2.24, 2.45) is 0 Å². The summed E-state index contributed by atoms with van der Waals surface area (Å²) in [4.78, 5) is 0. The molecule has 0 amide bonds. The van der Waals surface area contributed by atoms with Crippen LogP contribution in [-0.4, -0.2) is 5.11 Å². The minimum Gasteiger partial charge on any atom is -0.508 e. The highest BCUT2D eigenvalue weighted by atomic mass is 79.9. The van der Waals surface area contributed by atoms with Crippen LogP contribution in [0.15, 0.2) is 46.9 Å². The van der Waals surface area contributed by atoms with Crippen LogP contribution >= 0.6 is 15.9 Å². The number of halogens is 2. The monoisotopic (exact) mass is 323 g/mol. The van der Waals surface area contributed by atoms with Crippen LogP contribution in [0.25, 0.3) is 0 Å². The molecular formula is C15H15BrFNO. The summed E-state index contributed by atoms with van der Waals surface area (Å²) in [5.41, 5.74) is 1.82. The molecule has 0 aromatic heterocycles. The van der Waals surface area contributed by atoms with Gasteiger partial charge in [-0.1, -0.05) is 40.2 Å². The maximum atomic E-state index is 13.0. The van der Waals surface area contributed by atoms with Gasteiger partial charge in [0, 0.05) is 22.6 Å². The van der Waals surface area contributed by atoms with Crippen LogP contribution in [-0.2, 0) is 6.54 Å². The third kappa shape index (κ3) is 3.55. The van der Waals surface area contributed by atoms with Crippen LogP contribution in [0, 0.1) is 5.82 Å². The number of phenols is 1. The van der Waals surface area contributed by atoms with Gasteiger partial charge in [-0.05, 0) is 30.7 Å². The van der Waals surface area contributed by atoms with Crippen LogP contribution in [0.3, 0.4) is 0 Å². The average molecular weight is 324 g/mol. The summed E-state index contributed by atoms with van der Waals surface area (Å²) in [6, 6.07) is 11.9. The average Bonchev–Trinajstić information content (AvgIpc) is 2.37. The first-order valence-corrected chi connectivity index (χ1v) is 6.82. The molecule has 2 N–H and O–H groups in total. The SMILES string of the molecule is CC(NCc1ccccc1O)c1ccc(F)cc1Br. The Hall–Kier alpha value is -1.39. The van der Waals surface area contributed by atoms with Crippen molar-refractivity contribution in [3.8, 4) is 5.75 Å². The fourth-order valence-corrected chi connectivity index (χ4v) is 2.58. The van der Waals surface area contributed by atoms with Gasteiger partial charge in [0.15, 0.2) is 0 Å². The smallest absolute Gasteiger partial charge is 0.124 e. The number of hydrogen-bond acceptors (Lipinski definition) is 2. The Kier molecular flexibility index (Phi) is 4.56. The van der Waals surface area contributed by atoms with Gasteiger partial charge >= 0.3 is 0 Å². The molecule has 0 bridgehead atoms. The van der Waals surface area contributed by atoms with Gasteiger partial charge in [0.1, 0.15) is 11.6 Å². The maximum absolute atomic E-state index is 13.0. The first-order chi connectivity index (χ1) is 9.08. The molecule has 0 saturated carbocycles. The highest BCUT2D eigenvalue weighted by Gasteiger charge is 2.10. The van der Waals surface area contributed by atoms with Crippen molar-refractivity contribution in [3.63, 3.8) is 0 Å². The molecule has 1 atom stereocenters. The van der Waals surface area contributed by atoms with Gasteiger partial charge in [0.2, 0.25) is 0 Å². The van der Waals surface area contributed by atoms with Crippen LogP contribution < -0.4 is 5.32 Å².